The fourth-order valence-corrected chi connectivity index (χ4v) is 4.46. The number of methoxy groups -OCH3 is 1. The van der Waals surface area contributed by atoms with E-state index in [9.17, 15) is 0 Å². The zero-order chi connectivity index (χ0) is 21.1. The van der Waals surface area contributed by atoms with E-state index in [1.807, 2.05) is 6.07 Å². The Hall–Kier alpha value is -1.79. The molecule has 6 nitrogen and oxygen atoms in total. The molecule has 30 heavy (non-hydrogen) atoms. The fraction of sp³-hybridized carbons (Fsp3) is 0.708. The summed E-state index contributed by atoms with van der Waals surface area (Å²) in [6.07, 6.45) is 6.99. The topological polar surface area (TPSA) is 64.1 Å². The number of hydrogen-bond acceptors (Lipinski definition) is 4. The predicted molar refractivity (Wildman–Crippen MR) is 121 cm³/mol. The summed E-state index contributed by atoms with van der Waals surface area (Å²) >= 11 is 0. The van der Waals surface area contributed by atoms with Crippen molar-refractivity contribution in [2.24, 2.45) is 10.9 Å². The van der Waals surface area contributed by atoms with Gasteiger partial charge >= 0.3 is 0 Å². The molecule has 1 saturated heterocycles. The first-order valence-corrected chi connectivity index (χ1v) is 11.6. The number of guanidine groups is 1. The molecule has 1 atom stereocenters. The van der Waals surface area contributed by atoms with Crippen LogP contribution in [0.2, 0.25) is 0 Å². The van der Waals surface area contributed by atoms with E-state index in [1.54, 1.807) is 7.11 Å². The second-order valence-electron chi connectivity index (χ2n) is 8.50. The van der Waals surface area contributed by atoms with Crippen LogP contribution in [-0.2, 0) is 14.9 Å². The molecule has 1 aliphatic carbocycles. The number of hydrogen-bond donors (Lipinski definition) is 2. The SMILES string of the molecule is CCNC(=NCC1(c2cccc(OC)c2)CCCC1)NCCCOCC1CCOC1. The van der Waals surface area contributed by atoms with Crippen LogP contribution in [0.3, 0.4) is 0 Å². The average molecular weight is 418 g/mol. The van der Waals surface area contributed by atoms with Gasteiger partial charge in [0.15, 0.2) is 5.96 Å². The molecular weight excluding hydrogens is 378 g/mol. The van der Waals surface area contributed by atoms with Gasteiger partial charge in [0.25, 0.3) is 0 Å². The summed E-state index contributed by atoms with van der Waals surface area (Å²) in [5.41, 5.74) is 1.46. The van der Waals surface area contributed by atoms with E-state index in [-0.39, 0.29) is 5.41 Å². The van der Waals surface area contributed by atoms with Crippen LogP contribution in [0.1, 0.15) is 51.0 Å². The van der Waals surface area contributed by atoms with Crippen molar-refractivity contribution >= 4 is 5.96 Å². The average Bonchev–Trinajstić information content (AvgIpc) is 3.47. The Morgan fingerprint density at radius 1 is 1.27 bits per heavy atom. The molecular formula is C24H39N3O3. The van der Waals surface area contributed by atoms with Crippen molar-refractivity contribution in [3.8, 4) is 5.75 Å². The highest BCUT2D eigenvalue weighted by molar-refractivity contribution is 5.79. The Labute approximate surface area is 181 Å². The van der Waals surface area contributed by atoms with E-state index in [1.165, 1.54) is 31.2 Å². The van der Waals surface area contributed by atoms with Crippen molar-refractivity contribution < 1.29 is 14.2 Å². The maximum Gasteiger partial charge on any atom is 0.191 e. The Bertz CT molecular complexity index is 653. The molecule has 2 fully saturated rings. The van der Waals surface area contributed by atoms with Crippen LogP contribution < -0.4 is 15.4 Å². The number of nitrogens with zero attached hydrogens (tertiary/aromatic N) is 1. The fourth-order valence-electron chi connectivity index (χ4n) is 4.46. The third kappa shape index (κ3) is 6.61. The van der Waals surface area contributed by atoms with Gasteiger partial charge in [-0.1, -0.05) is 25.0 Å². The predicted octanol–water partition coefficient (Wildman–Crippen LogP) is 3.51. The zero-order valence-corrected chi connectivity index (χ0v) is 18.8. The van der Waals surface area contributed by atoms with Crippen molar-refractivity contribution in [2.75, 3.05) is 53.2 Å². The minimum absolute atomic E-state index is 0.114. The van der Waals surface area contributed by atoms with Crippen LogP contribution in [0, 0.1) is 5.92 Å². The van der Waals surface area contributed by atoms with E-state index in [2.05, 4.69) is 35.8 Å². The summed E-state index contributed by atoms with van der Waals surface area (Å²) < 4.78 is 16.7. The summed E-state index contributed by atoms with van der Waals surface area (Å²) in [6, 6.07) is 8.53. The molecule has 1 aromatic rings. The van der Waals surface area contributed by atoms with Gasteiger partial charge < -0.3 is 24.8 Å². The zero-order valence-electron chi connectivity index (χ0n) is 18.8. The number of ether oxygens (including phenoxy) is 3. The molecule has 1 heterocycles. The number of benzene rings is 1. The first kappa shape index (κ1) is 22.9. The van der Waals surface area contributed by atoms with Crippen molar-refractivity contribution in [2.45, 2.75) is 50.9 Å². The monoisotopic (exact) mass is 417 g/mol. The van der Waals surface area contributed by atoms with E-state index in [4.69, 9.17) is 19.2 Å². The van der Waals surface area contributed by atoms with Crippen molar-refractivity contribution in [3.63, 3.8) is 0 Å². The second-order valence-corrected chi connectivity index (χ2v) is 8.50. The van der Waals surface area contributed by atoms with Gasteiger partial charge in [-0.2, -0.15) is 0 Å². The molecule has 2 aliphatic rings. The molecule has 0 amide bonds. The number of rotatable bonds is 11. The molecule has 1 saturated carbocycles. The smallest absolute Gasteiger partial charge is 0.191 e. The highest BCUT2D eigenvalue weighted by atomic mass is 16.5. The summed E-state index contributed by atoms with van der Waals surface area (Å²) in [4.78, 5) is 4.98. The van der Waals surface area contributed by atoms with Crippen molar-refractivity contribution in [1.29, 1.82) is 0 Å². The lowest BCUT2D eigenvalue weighted by Gasteiger charge is -2.28. The van der Waals surface area contributed by atoms with Crippen LogP contribution in [-0.4, -0.2) is 59.1 Å². The second kappa shape index (κ2) is 12.2. The molecule has 3 rings (SSSR count). The Balaban J connectivity index is 1.50. The van der Waals surface area contributed by atoms with Crippen molar-refractivity contribution in [1.82, 2.24) is 10.6 Å². The molecule has 0 aromatic heterocycles. The van der Waals surface area contributed by atoms with Crippen LogP contribution in [0.5, 0.6) is 5.75 Å². The molecule has 1 aliphatic heterocycles. The van der Waals surface area contributed by atoms with Gasteiger partial charge in [0.1, 0.15) is 5.75 Å². The molecule has 1 aromatic carbocycles. The van der Waals surface area contributed by atoms with Gasteiger partial charge in [-0.25, -0.2) is 0 Å². The molecule has 0 radical (unpaired) electrons. The van der Waals surface area contributed by atoms with Gasteiger partial charge in [0.05, 0.1) is 26.9 Å². The Morgan fingerprint density at radius 2 is 2.13 bits per heavy atom. The van der Waals surface area contributed by atoms with Gasteiger partial charge in [-0.3, -0.25) is 4.99 Å². The molecule has 168 valence electrons. The summed E-state index contributed by atoms with van der Waals surface area (Å²) in [5, 5.41) is 6.86. The lowest BCUT2D eigenvalue weighted by Crippen LogP contribution is -2.39. The lowest BCUT2D eigenvalue weighted by atomic mass is 9.79. The van der Waals surface area contributed by atoms with Crippen LogP contribution in [0.15, 0.2) is 29.3 Å². The first-order chi connectivity index (χ1) is 14.8. The van der Waals surface area contributed by atoms with Crippen LogP contribution in [0.4, 0.5) is 0 Å². The highest BCUT2D eigenvalue weighted by Crippen LogP contribution is 2.42. The maximum absolute atomic E-state index is 5.80. The summed E-state index contributed by atoms with van der Waals surface area (Å²) in [7, 11) is 1.73. The third-order valence-corrected chi connectivity index (χ3v) is 6.26. The molecule has 0 bridgehead atoms. The van der Waals surface area contributed by atoms with E-state index < -0.39 is 0 Å². The van der Waals surface area contributed by atoms with Gasteiger partial charge in [0.2, 0.25) is 0 Å². The van der Waals surface area contributed by atoms with Crippen molar-refractivity contribution in [3.05, 3.63) is 29.8 Å². The molecule has 1 unspecified atom stereocenters. The Kier molecular flexibility index (Phi) is 9.27. The van der Waals surface area contributed by atoms with Gasteiger partial charge in [-0.15, -0.1) is 0 Å². The maximum atomic E-state index is 5.80. The standard InChI is InChI=1S/C24H39N3O3/c1-3-25-23(26-13-7-14-29-17-20-10-15-30-18-20)27-19-24(11-4-5-12-24)21-8-6-9-22(16-21)28-2/h6,8-9,16,20H,3-5,7,10-15,17-19H2,1-2H3,(H2,25,26,27). The minimum atomic E-state index is 0.114. The highest BCUT2D eigenvalue weighted by Gasteiger charge is 2.35. The van der Waals surface area contributed by atoms with E-state index >= 15 is 0 Å². The Morgan fingerprint density at radius 3 is 2.87 bits per heavy atom. The quantitative estimate of drug-likeness (QED) is 0.328. The first-order valence-electron chi connectivity index (χ1n) is 11.6. The van der Waals surface area contributed by atoms with Crippen LogP contribution >= 0.6 is 0 Å². The number of aliphatic imine (C=N–C) groups is 1. The minimum Gasteiger partial charge on any atom is -0.497 e. The van der Waals surface area contributed by atoms with E-state index in [0.29, 0.717) is 5.92 Å². The van der Waals surface area contributed by atoms with Gasteiger partial charge in [0, 0.05) is 37.6 Å². The van der Waals surface area contributed by atoms with Gasteiger partial charge in [-0.05, 0) is 50.3 Å². The molecule has 0 spiro atoms. The largest absolute Gasteiger partial charge is 0.497 e. The normalized spacial score (nSPS) is 21.0. The summed E-state index contributed by atoms with van der Waals surface area (Å²) in [6.45, 7) is 7.95. The number of nitrogens with one attached hydrogen (secondary N) is 2. The summed E-state index contributed by atoms with van der Waals surface area (Å²) in [5.74, 6) is 2.41. The molecule has 6 heteroatoms. The third-order valence-electron chi connectivity index (χ3n) is 6.26. The van der Waals surface area contributed by atoms with Crippen LogP contribution in [0.25, 0.3) is 0 Å². The van der Waals surface area contributed by atoms with E-state index in [0.717, 1.165) is 70.6 Å². The lowest BCUT2D eigenvalue weighted by molar-refractivity contribution is 0.0888. The molecule has 2 N–H and O–H groups in total.